The van der Waals surface area contributed by atoms with Crippen LogP contribution in [0.4, 0.5) is 4.79 Å². The lowest BCUT2D eigenvalue weighted by atomic mass is 9.85. The van der Waals surface area contributed by atoms with Crippen LogP contribution in [0.15, 0.2) is 29.5 Å². The van der Waals surface area contributed by atoms with Crippen molar-refractivity contribution < 1.29 is 9.59 Å². The molecule has 1 aromatic carbocycles. The maximum Gasteiger partial charge on any atom is 0.322 e. The van der Waals surface area contributed by atoms with Gasteiger partial charge in [0, 0.05) is 24.7 Å². The van der Waals surface area contributed by atoms with Gasteiger partial charge in [-0.2, -0.15) is 0 Å². The van der Waals surface area contributed by atoms with Crippen LogP contribution < -0.4 is 5.32 Å². The molecular formula is C15H14Cl2N2O2. The van der Waals surface area contributed by atoms with E-state index in [0.717, 1.165) is 18.5 Å². The summed E-state index contributed by atoms with van der Waals surface area (Å²) in [6.07, 6.45) is 1.99. The van der Waals surface area contributed by atoms with E-state index in [9.17, 15) is 9.59 Å². The van der Waals surface area contributed by atoms with E-state index in [-0.39, 0.29) is 11.8 Å². The van der Waals surface area contributed by atoms with Crippen molar-refractivity contribution in [1.82, 2.24) is 10.2 Å². The molecule has 3 rings (SSSR count). The second kappa shape index (κ2) is 5.35. The van der Waals surface area contributed by atoms with Gasteiger partial charge in [0.05, 0.1) is 16.1 Å². The molecule has 1 heterocycles. The number of ketones is 1. The normalized spacial score (nSPS) is 22.2. The van der Waals surface area contributed by atoms with Gasteiger partial charge in [-0.15, -0.1) is 0 Å². The van der Waals surface area contributed by atoms with Crippen LogP contribution in [0.3, 0.4) is 0 Å². The minimum Gasteiger partial charge on any atom is -0.327 e. The highest BCUT2D eigenvalue weighted by atomic mass is 35.5. The molecule has 2 aliphatic rings. The number of nitrogens with zero attached hydrogens (tertiary/aromatic N) is 1. The Morgan fingerprint density at radius 3 is 2.76 bits per heavy atom. The number of carbonyl (C=O) groups excluding carboxylic acids is 2. The second-order valence-electron chi connectivity index (χ2n) is 5.22. The van der Waals surface area contributed by atoms with E-state index in [2.05, 4.69) is 5.32 Å². The average Bonchev–Trinajstić information content (AvgIpc) is 2.46. The van der Waals surface area contributed by atoms with E-state index < -0.39 is 6.04 Å². The molecule has 1 aromatic rings. The quantitative estimate of drug-likeness (QED) is 0.856. The average molecular weight is 325 g/mol. The van der Waals surface area contributed by atoms with Gasteiger partial charge in [-0.05, 0) is 24.5 Å². The van der Waals surface area contributed by atoms with Gasteiger partial charge in [-0.1, -0.05) is 35.3 Å². The lowest BCUT2D eigenvalue weighted by molar-refractivity contribution is -0.116. The Bertz CT molecular complexity index is 670. The molecule has 1 aliphatic carbocycles. The number of urea groups is 1. The molecule has 2 amide bonds. The summed E-state index contributed by atoms with van der Waals surface area (Å²) in [7, 11) is 1.68. The van der Waals surface area contributed by atoms with Crippen molar-refractivity contribution in [2.45, 2.75) is 25.3 Å². The summed E-state index contributed by atoms with van der Waals surface area (Å²) in [4.78, 5) is 26.0. The molecule has 1 aliphatic heterocycles. The predicted molar refractivity (Wildman–Crippen MR) is 81.4 cm³/mol. The minimum atomic E-state index is -0.525. The van der Waals surface area contributed by atoms with Crippen molar-refractivity contribution in [3.8, 4) is 0 Å². The Kier molecular flexibility index (Phi) is 3.68. The lowest BCUT2D eigenvalue weighted by Crippen LogP contribution is -2.47. The van der Waals surface area contributed by atoms with Gasteiger partial charge in [0.25, 0.3) is 0 Å². The first kappa shape index (κ1) is 14.4. The number of hydrogen-bond donors (Lipinski definition) is 1. The summed E-state index contributed by atoms with van der Waals surface area (Å²) >= 11 is 12.3. The molecule has 0 unspecified atom stereocenters. The summed E-state index contributed by atoms with van der Waals surface area (Å²) in [6, 6.07) is 4.48. The van der Waals surface area contributed by atoms with E-state index in [1.807, 2.05) is 0 Å². The monoisotopic (exact) mass is 324 g/mol. The van der Waals surface area contributed by atoms with Crippen LogP contribution in [0.25, 0.3) is 0 Å². The van der Waals surface area contributed by atoms with Crippen molar-refractivity contribution in [3.63, 3.8) is 0 Å². The molecule has 0 bridgehead atoms. The number of hydrogen-bond acceptors (Lipinski definition) is 2. The van der Waals surface area contributed by atoms with Gasteiger partial charge in [-0.3, -0.25) is 4.79 Å². The summed E-state index contributed by atoms with van der Waals surface area (Å²) in [6.45, 7) is 0. The molecule has 21 heavy (non-hydrogen) atoms. The van der Waals surface area contributed by atoms with Crippen molar-refractivity contribution >= 4 is 35.0 Å². The Morgan fingerprint density at radius 2 is 2.00 bits per heavy atom. The molecule has 1 N–H and O–H groups in total. The van der Waals surface area contributed by atoms with Gasteiger partial charge in [-0.25, -0.2) is 4.79 Å². The van der Waals surface area contributed by atoms with Crippen molar-refractivity contribution in [2.75, 3.05) is 7.05 Å². The molecule has 0 spiro atoms. The van der Waals surface area contributed by atoms with Gasteiger partial charge in [0.2, 0.25) is 0 Å². The third-order valence-corrected chi connectivity index (χ3v) is 4.82. The van der Waals surface area contributed by atoms with Crippen LogP contribution in [0.1, 0.15) is 30.9 Å². The molecule has 0 saturated heterocycles. The Balaban J connectivity index is 2.17. The number of nitrogens with one attached hydrogen (secondary N) is 1. The summed E-state index contributed by atoms with van der Waals surface area (Å²) < 4.78 is 0. The molecule has 0 radical (unpaired) electrons. The van der Waals surface area contributed by atoms with E-state index in [4.69, 9.17) is 23.2 Å². The van der Waals surface area contributed by atoms with Crippen molar-refractivity contribution in [1.29, 1.82) is 0 Å². The molecule has 6 heteroatoms. The minimum absolute atomic E-state index is 0.0594. The molecule has 1 atom stereocenters. The van der Waals surface area contributed by atoms with E-state index in [1.165, 1.54) is 4.90 Å². The van der Waals surface area contributed by atoms with Crippen LogP contribution in [0.2, 0.25) is 10.0 Å². The zero-order chi connectivity index (χ0) is 15.1. The number of allylic oxidation sites excluding steroid dienone is 1. The third kappa shape index (κ3) is 2.32. The van der Waals surface area contributed by atoms with E-state index in [0.29, 0.717) is 27.6 Å². The maximum absolute atomic E-state index is 12.3. The molecule has 110 valence electrons. The number of rotatable bonds is 1. The highest BCUT2D eigenvalue weighted by Crippen LogP contribution is 2.40. The highest BCUT2D eigenvalue weighted by Gasteiger charge is 2.38. The van der Waals surface area contributed by atoms with Crippen molar-refractivity contribution in [3.05, 3.63) is 45.1 Å². The number of amides is 2. The Hall–Kier alpha value is -1.52. The first-order valence-corrected chi connectivity index (χ1v) is 7.50. The fraction of sp³-hybridized carbons (Fsp3) is 0.333. The van der Waals surface area contributed by atoms with Gasteiger partial charge < -0.3 is 10.2 Å². The summed E-state index contributed by atoms with van der Waals surface area (Å²) in [5, 5.41) is 3.63. The zero-order valence-electron chi connectivity index (χ0n) is 11.5. The number of halogens is 2. The summed E-state index contributed by atoms with van der Waals surface area (Å²) in [5.41, 5.74) is 2.08. The van der Waals surface area contributed by atoms with Crippen LogP contribution in [0.5, 0.6) is 0 Å². The topological polar surface area (TPSA) is 49.4 Å². The van der Waals surface area contributed by atoms with Gasteiger partial charge in [0.15, 0.2) is 5.78 Å². The highest BCUT2D eigenvalue weighted by molar-refractivity contribution is 6.42. The smallest absolute Gasteiger partial charge is 0.322 e. The van der Waals surface area contributed by atoms with Crippen LogP contribution in [-0.2, 0) is 4.79 Å². The molecule has 0 aromatic heterocycles. The van der Waals surface area contributed by atoms with Crippen molar-refractivity contribution in [2.24, 2.45) is 0 Å². The SMILES string of the molecule is CN1C(=O)N[C@@H](c2cccc(Cl)c2Cl)C2=C1CCCC2=O. The van der Waals surface area contributed by atoms with Gasteiger partial charge >= 0.3 is 6.03 Å². The second-order valence-corrected chi connectivity index (χ2v) is 6.01. The largest absolute Gasteiger partial charge is 0.327 e. The molecular weight excluding hydrogens is 311 g/mol. The Labute approximate surface area is 132 Å². The zero-order valence-corrected chi connectivity index (χ0v) is 13.0. The van der Waals surface area contributed by atoms with Crippen LogP contribution in [-0.4, -0.2) is 23.8 Å². The lowest BCUT2D eigenvalue weighted by Gasteiger charge is -2.37. The summed E-state index contributed by atoms with van der Waals surface area (Å²) in [5.74, 6) is 0.0594. The van der Waals surface area contributed by atoms with Gasteiger partial charge in [0.1, 0.15) is 0 Å². The maximum atomic E-state index is 12.3. The number of benzene rings is 1. The first-order chi connectivity index (χ1) is 10.0. The fourth-order valence-corrected chi connectivity index (χ4v) is 3.33. The first-order valence-electron chi connectivity index (χ1n) is 6.75. The standard InChI is InChI=1S/C15H14Cl2N2O2/c1-19-10-6-3-7-11(20)12(10)14(18-15(19)21)8-4-2-5-9(16)13(8)17/h2,4-5,14H,3,6-7H2,1H3,(H,18,21)/t14-/m0/s1. The van der Waals surface area contributed by atoms with E-state index in [1.54, 1.807) is 25.2 Å². The third-order valence-electron chi connectivity index (χ3n) is 3.99. The molecule has 4 nitrogen and oxygen atoms in total. The Morgan fingerprint density at radius 1 is 1.24 bits per heavy atom. The van der Waals surface area contributed by atoms with E-state index >= 15 is 0 Å². The van der Waals surface area contributed by atoms with Crippen LogP contribution >= 0.6 is 23.2 Å². The number of Topliss-reactive ketones (excluding diaryl/α,β-unsaturated/α-hetero) is 1. The van der Waals surface area contributed by atoms with Crippen LogP contribution in [0, 0.1) is 0 Å². The fourth-order valence-electron chi connectivity index (χ4n) is 2.91. The molecule has 0 saturated carbocycles. The predicted octanol–water partition coefficient (Wildman–Crippen LogP) is 3.70. The molecule has 0 fully saturated rings. The number of carbonyl (C=O) groups is 2.